The average molecular weight is 273 g/mol. The van der Waals surface area contributed by atoms with E-state index in [2.05, 4.69) is 4.98 Å². The highest BCUT2D eigenvalue weighted by molar-refractivity contribution is 7.89. The molecule has 0 atom stereocenters. The highest BCUT2D eigenvalue weighted by atomic mass is 32.2. The van der Waals surface area contributed by atoms with E-state index in [1.165, 1.54) is 23.6 Å². The molecule has 0 spiro atoms. The average Bonchev–Trinajstić information content (AvgIpc) is 2.38. The number of aromatic nitrogens is 1. The summed E-state index contributed by atoms with van der Waals surface area (Å²) in [6.07, 6.45) is 1.53. The third kappa shape index (κ3) is 3.49. The Balaban J connectivity index is 2.91. The zero-order valence-electron chi connectivity index (χ0n) is 10.7. The van der Waals surface area contributed by atoms with Crippen LogP contribution in [0, 0.1) is 0 Å². The van der Waals surface area contributed by atoms with Crippen LogP contribution in [0.5, 0.6) is 0 Å². The fraction of sp³-hybridized carbons (Fsp3) is 0.545. The molecule has 102 valence electrons. The van der Waals surface area contributed by atoms with E-state index in [0.29, 0.717) is 25.5 Å². The number of nitrogens with zero attached hydrogens (tertiary/aromatic N) is 2. The summed E-state index contributed by atoms with van der Waals surface area (Å²) < 4.78 is 31.0. The molecule has 1 aromatic heterocycles. The lowest BCUT2D eigenvalue weighted by Crippen LogP contribution is -2.31. The summed E-state index contributed by atoms with van der Waals surface area (Å²) in [7, 11) is -2.04. The first-order valence-corrected chi connectivity index (χ1v) is 7.16. The highest BCUT2D eigenvalue weighted by Gasteiger charge is 2.23. The van der Waals surface area contributed by atoms with Gasteiger partial charge < -0.3 is 10.5 Å². The van der Waals surface area contributed by atoms with E-state index in [1.807, 2.05) is 6.92 Å². The maximum Gasteiger partial charge on any atom is 0.244 e. The molecular weight excluding hydrogens is 254 g/mol. The fourth-order valence-electron chi connectivity index (χ4n) is 1.44. The molecule has 0 aromatic carbocycles. The summed E-state index contributed by atoms with van der Waals surface area (Å²) >= 11 is 0. The second-order valence-electron chi connectivity index (χ2n) is 3.68. The number of ether oxygens (including phenoxy) is 1. The predicted molar refractivity (Wildman–Crippen MR) is 68.4 cm³/mol. The molecule has 18 heavy (non-hydrogen) atoms. The van der Waals surface area contributed by atoms with Gasteiger partial charge in [0.05, 0.1) is 12.3 Å². The van der Waals surface area contributed by atoms with Crippen LogP contribution in [0.3, 0.4) is 0 Å². The van der Waals surface area contributed by atoms with Gasteiger partial charge in [0.15, 0.2) is 0 Å². The van der Waals surface area contributed by atoms with Gasteiger partial charge in [-0.1, -0.05) is 0 Å². The van der Waals surface area contributed by atoms with Crippen LogP contribution in [0.2, 0.25) is 0 Å². The topological polar surface area (TPSA) is 85.5 Å². The molecule has 0 saturated carbocycles. The number of nitrogens with two attached hydrogens (primary N) is 1. The van der Waals surface area contributed by atoms with Gasteiger partial charge in [0.2, 0.25) is 10.0 Å². The quantitative estimate of drug-likeness (QED) is 0.717. The van der Waals surface area contributed by atoms with Gasteiger partial charge in [-0.05, 0) is 19.1 Å². The lowest BCUT2D eigenvalue weighted by Gasteiger charge is -2.18. The smallest absolute Gasteiger partial charge is 0.244 e. The van der Waals surface area contributed by atoms with Crippen molar-refractivity contribution >= 4 is 10.0 Å². The van der Waals surface area contributed by atoms with Crippen molar-refractivity contribution < 1.29 is 13.2 Å². The summed E-state index contributed by atoms with van der Waals surface area (Å²) in [5.74, 6) is 0. The monoisotopic (exact) mass is 273 g/mol. The SMILES string of the molecule is CCOCCN(C)S(=O)(=O)c1cccnc1CN. The van der Waals surface area contributed by atoms with Gasteiger partial charge in [0.25, 0.3) is 0 Å². The first-order chi connectivity index (χ1) is 8.54. The molecule has 0 saturated heterocycles. The molecule has 1 heterocycles. The minimum Gasteiger partial charge on any atom is -0.380 e. The number of hydrogen-bond acceptors (Lipinski definition) is 5. The van der Waals surface area contributed by atoms with Crippen LogP contribution in [-0.2, 0) is 21.3 Å². The zero-order valence-corrected chi connectivity index (χ0v) is 11.5. The van der Waals surface area contributed by atoms with Crippen LogP contribution < -0.4 is 5.73 Å². The van der Waals surface area contributed by atoms with E-state index in [0.717, 1.165) is 0 Å². The number of pyridine rings is 1. The second kappa shape index (κ2) is 6.79. The van der Waals surface area contributed by atoms with Crippen LogP contribution >= 0.6 is 0 Å². The van der Waals surface area contributed by atoms with Gasteiger partial charge in [-0.2, -0.15) is 4.31 Å². The summed E-state index contributed by atoms with van der Waals surface area (Å²) in [5.41, 5.74) is 5.87. The molecule has 0 radical (unpaired) electrons. The molecule has 2 N–H and O–H groups in total. The maximum atomic E-state index is 12.3. The van der Waals surface area contributed by atoms with Gasteiger partial charge in [-0.15, -0.1) is 0 Å². The largest absolute Gasteiger partial charge is 0.380 e. The Bertz CT molecular complexity index is 476. The molecular formula is C11H19N3O3S. The van der Waals surface area contributed by atoms with E-state index in [-0.39, 0.29) is 11.4 Å². The van der Waals surface area contributed by atoms with Gasteiger partial charge in [-0.25, -0.2) is 8.42 Å². The molecule has 7 heteroatoms. The molecule has 0 aliphatic rings. The second-order valence-corrected chi connectivity index (χ2v) is 5.69. The summed E-state index contributed by atoms with van der Waals surface area (Å²) in [6.45, 7) is 3.19. The number of hydrogen-bond donors (Lipinski definition) is 1. The Kier molecular flexibility index (Phi) is 5.67. The summed E-state index contributed by atoms with van der Waals surface area (Å²) in [6, 6.07) is 3.10. The van der Waals surface area contributed by atoms with Crippen LogP contribution in [0.1, 0.15) is 12.6 Å². The van der Waals surface area contributed by atoms with E-state index in [1.54, 1.807) is 6.07 Å². The van der Waals surface area contributed by atoms with Gasteiger partial charge in [-0.3, -0.25) is 4.98 Å². The van der Waals surface area contributed by atoms with E-state index >= 15 is 0 Å². The third-order valence-electron chi connectivity index (χ3n) is 2.48. The van der Waals surface area contributed by atoms with Crippen LogP contribution in [0.15, 0.2) is 23.2 Å². The molecule has 0 aliphatic carbocycles. The number of likely N-dealkylation sites (N-methyl/N-ethyl adjacent to an activating group) is 1. The van der Waals surface area contributed by atoms with Crippen LogP contribution in [-0.4, -0.2) is 44.5 Å². The van der Waals surface area contributed by atoms with Crippen molar-refractivity contribution in [2.45, 2.75) is 18.4 Å². The van der Waals surface area contributed by atoms with Crippen molar-refractivity contribution in [2.75, 3.05) is 26.8 Å². The van der Waals surface area contributed by atoms with Crippen molar-refractivity contribution in [3.05, 3.63) is 24.0 Å². The molecule has 0 amide bonds. The lowest BCUT2D eigenvalue weighted by molar-refractivity contribution is 0.138. The van der Waals surface area contributed by atoms with Crippen molar-refractivity contribution in [2.24, 2.45) is 5.73 Å². The van der Waals surface area contributed by atoms with Crippen molar-refractivity contribution in [3.63, 3.8) is 0 Å². The molecule has 0 fully saturated rings. The lowest BCUT2D eigenvalue weighted by atomic mass is 10.3. The molecule has 1 aromatic rings. The van der Waals surface area contributed by atoms with Gasteiger partial charge >= 0.3 is 0 Å². The fourth-order valence-corrected chi connectivity index (χ4v) is 2.77. The normalized spacial score (nSPS) is 12.0. The third-order valence-corrected chi connectivity index (χ3v) is 4.42. The Labute approximate surface area is 108 Å². The highest BCUT2D eigenvalue weighted by Crippen LogP contribution is 2.16. The van der Waals surface area contributed by atoms with E-state index < -0.39 is 10.0 Å². The Morgan fingerprint density at radius 3 is 2.83 bits per heavy atom. The van der Waals surface area contributed by atoms with Gasteiger partial charge in [0.1, 0.15) is 4.90 Å². The minimum absolute atomic E-state index is 0.0920. The maximum absolute atomic E-state index is 12.3. The van der Waals surface area contributed by atoms with Crippen molar-refractivity contribution in [1.29, 1.82) is 0 Å². The predicted octanol–water partition coefficient (Wildman–Crippen LogP) is 0.197. The number of sulfonamides is 1. The van der Waals surface area contributed by atoms with Crippen molar-refractivity contribution in [1.82, 2.24) is 9.29 Å². The van der Waals surface area contributed by atoms with Gasteiger partial charge in [0, 0.05) is 32.9 Å². The Morgan fingerprint density at radius 1 is 1.50 bits per heavy atom. The molecule has 0 bridgehead atoms. The standard InChI is InChI=1S/C11H19N3O3S/c1-3-17-8-7-14(2)18(15,16)11-5-4-6-13-10(11)9-12/h4-6H,3,7-9,12H2,1-2H3. The summed E-state index contributed by atoms with van der Waals surface area (Å²) in [5, 5.41) is 0. The molecule has 1 rings (SSSR count). The molecule has 0 unspecified atom stereocenters. The molecule has 0 aliphatic heterocycles. The Morgan fingerprint density at radius 2 is 2.22 bits per heavy atom. The van der Waals surface area contributed by atoms with Crippen LogP contribution in [0.4, 0.5) is 0 Å². The summed E-state index contributed by atoms with van der Waals surface area (Å²) in [4.78, 5) is 4.14. The molecule has 6 nitrogen and oxygen atoms in total. The van der Waals surface area contributed by atoms with E-state index in [4.69, 9.17) is 10.5 Å². The van der Waals surface area contributed by atoms with Crippen molar-refractivity contribution in [3.8, 4) is 0 Å². The number of rotatable bonds is 7. The first kappa shape index (κ1) is 15.0. The van der Waals surface area contributed by atoms with E-state index in [9.17, 15) is 8.42 Å². The first-order valence-electron chi connectivity index (χ1n) is 5.72. The Hall–Kier alpha value is -1.02. The zero-order chi connectivity index (χ0) is 13.6. The minimum atomic E-state index is -3.55. The van der Waals surface area contributed by atoms with Crippen LogP contribution in [0.25, 0.3) is 0 Å².